The summed E-state index contributed by atoms with van der Waals surface area (Å²) in [4.78, 5) is 0. The van der Waals surface area contributed by atoms with Crippen molar-refractivity contribution in [3.05, 3.63) is 0 Å². The molecule has 0 aliphatic carbocycles. The number of nitrogens with one attached hydrogen (secondary N) is 1. The molecule has 0 aromatic rings. The molecule has 2 unspecified atom stereocenters. The first-order valence-electron chi connectivity index (χ1n) is 4.20. The van der Waals surface area contributed by atoms with E-state index >= 15 is 0 Å². The van der Waals surface area contributed by atoms with Gasteiger partial charge in [-0.1, -0.05) is 6.92 Å². The number of methoxy groups -OCH3 is 1. The van der Waals surface area contributed by atoms with E-state index in [1.165, 1.54) is 0 Å². The van der Waals surface area contributed by atoms with E-state index in [1.54, 1.807) is 13.4 Å². The highest BCUT2D eigenvalue weighted by Crippen LogP contribution is 1.96. The molecule has 0 saturated carbocycles. The van der Waals surface area contributed by atoms with Crippen molar-refractivity contribution in [3.63, 3.8) is 0 Å². The highest BCUT2D eigenvalue weighted by molar-refractivity contribution is 7.84. The minimum Gasteiger partial charge on any atom is -0.383 e. The monoisotopic (exact) mass is 193 g/mol. The SMILES string of the molecule is COCCNCCC(C)S(C)=O. The molecule has 0 rings (SSSR count). The van der Waals surface area contributed by atoms with Gasteiger partial charge in [-0.3, -0.25) is 4.21 Å². The number of hydrogen-bond donors (Lipinski definition) is 1. The number of rotatable bonds is 7. The fourth-order valence-corrected chi connectivity index (χ4v) is 1.22. The lowest BCUT2D eigenvalue weighted by Crippen LogP contribution is -2.24. The summed E-state index contributed by atoms with van der Waals surface area (Å²) in [5.41, 5.74) is 0. The predicted molar refractivity (Wildman–Crippen MR) is 52.9 cm³/mol. The van der Waals surface area contributed by atoms with E-state index in [0.29, 0.717) is 5.25 Å². The standard InChI is InChI=1S/C8H19NO2S/c1-8(12(3)10)4-5-9-6-7-11-2/h8-9H,4-7H2,1-3H3. The van der Waals surface area contributed by atoms with Crippen molar-refractivity contribution in [2.75, 3.05) is 33.1 Å². The van der Waals surface area contributed by atoms with Crippen LogP contribution in [0.3, 0.4) is 0 Å². The van der Waals surface area contributed by atoms with Crippen molar-refractivity contribution < 1.29 is 8.95 Å². The third kappa shape index (κ3) is 6.76. The molecule has 1 N–H and O–H groups in total. The molecule has 0 radical (unpaired) electrons. The van der Waals surface area contributed by atoms with Crippen LogP contribution < -0.4 is 5.32 Å². The molecular formula is C8H19NO2S. The van der Waals surface area contributed by atoms with Gasteiger partial charge in [0.1, 0.15) is 0 Å². The van der Waals surface area contributed by atoms with E-state index in [9.17, 15) is 4.21 Å². The van der Waals surface area contributed by atoms with Crippen LogP contribution in [-0.4, -0.2) is 42.5 Å². The van der Waals surface area contributed by atoms with Crippen LogP contribution >= 0.6 is 0 Å². The molecule has 2 atom stereocenters. The summed E-state index contributed by atoms with van der Waals surface area (Å²) in [5.74, 6) is 0. The first-order chi connectivity index (χ1) is 5.68. The van der Waals surface area contributed by atoms with Crippen LogP contribution in [0.25, 0.3) is 0 Å². The Morgan fingerprint density at radius 2 is 2.17 bits per heavy atom. The normalized spacial score (nSPS) is 15.9. The topological polar surface area (TPSA) is 38.3 Å². The van der Waals surface area contributed by atoms with Gasteiger partial charge in [0.25, 0.3) is 0 Å². The average Bonchev–Trinajstić information content (AvgIpc) is 2.03. The van der Waals surface area contributed by atoms with Crippen molar-refractivity contribution in [1.29, 1.82) is 0 Å². The van der Waals surface area contributed by atoms with Gasteiger partial charge in [-0.25, -0.2) is 0 Å². The fourth-order valence-electron chi connectivity index (χ4n) is 0.771. The van der Waals surface area contributed by atoms with Crippen LogP contribution in [-0.2, 0) is 15.5 Å². The number of hydrogen-bond acceptors (Lipinski definition) is 3. The van der Waals surface area contributed by atoms with Crippen molar-refractivity contribution >= 4 is 10.8 Å². The summed E-state index contributed by atoms with van der Waals surface area (Å²) in [6.07, 6.45) is 2.71. The molecule has 0 aromatic heterocycles. The zero-order valence-electron chi connectivity index (χ0n) is 8.13. The average molecular weight is 193 g/mol. The van der Waals surface area contributed by atoms with Gasteiger partial charge in [0.05, 0.1) is 6.61 Å². The van der Waals surface area contributed by atoms with E-state index in [4.69, 9.17) is 4.74 Å². The summed E-state index contributed by atoms with van der Waals surface area (Å²) >= 11 is 0. The number of ether oxygens (including phenoxy) is 1. The van der Waals surface area contributed by atoms with Gasteiger partial charge in [-0.15, -0.1) is 0 Å². The van der Waals surface area contributed by atoms with Crippen LogP contribution in [0.15, 0.2) is 0 Å². The molecule has 0 bridgehead atoms. The smallest absolute Gasteiger partial charge is 0.0587 e. The lowest BCUT2D eigenvalue weighted by atomic mass is 10.3. The summed E-state index contributed by atoms with van der Waals surface area (Å²) in [5, 5.41) is 3.50. The quantitative estimate of drug-likeness (QED) is 0.594. The van der Waals surface area contributed by atoms with Crippen molar-refractivity contribution in [1.82, 2.24) is 5.32 Å². The lowest BCUT2D eigenvalue weighted by Gasteiger charge is -2.08. The highest BCUT2D eigenvalue weighted by atomic mass is 32.2. The molecular weight excluding hydrogens is 174 g/mol. The Balaban J connectivity index is 3.14. The Labute approximate surface area is 77.3 Å². The molecule has 0 heterocycles. The molecule has 0 amide bonds. The van der Waals surface area contributed by atoms with Gasteiger partial charge in [0, 0.05) is 36.0 Å². The molecule has 0 saturated heterocycles. The third-order valence-electron chi connectivity index (χ3n) is 1.78. The van der Waals surface area contributed by atoms with E-state index < -0.39 is 10.8 Å². The molecule has 0 spiro atoms. The van der Waals surface area contributed by atoms with Crippen LogP contribution in [0.5, 0.6) is 0 Å². The Kier molecular flexibility index (Phi) is 7.75. The largest absolute Gasteiger partial charge is 0.383 e. The summed E-state index contributed by atoms with van der Waals surface area (Å²) in [7, 11) is 0.997. The van der Waals surface area contributed by atoms with Crippen LogP contribution in [0.1, 0.15) is 13.3 Å². The summed E-state index contributed by atoms with van der Waals surface area (Å²) in [6.45, 7) is 4.54. The Morgan fingerprint density at radius 1 is 1.50 bits per heavy atom. The van der Waals surface area contributed by atoms with E-state index in [1.807, 2.05) is 6.92 Å². The van der Waals surface area contributed by atoms with Crippen LogP contribution in [0, 0.1) is 0 Å². The van der Waals surface area contributed by atoms with E-state index in [0.717, 1.165) is 26.1 Å². The maximum Gasteiger partial charge on any atom is 0.0587 e. The molecule has 12 heavy (non-hydrogen) atoms. The van der Waals surface area contributed by atoms with Gasteiger partial charge in [-0.05, 0) is 13.0 Å². The first-order valence-corrected chi connectivity index (χ1v) is 5.82. The maximum atomic E-state index is 10.9. The van der Waals surface area contributed by atoms with Crippen molar-refractivity contribution in [2.24, 2.45) is 0 Å². The minimum absolute atomic E-state index is 0.292. The molecule has 0 fully saturated rings. The molecule has 0 aliphatic rings. The second-order valence-electron chi connectivity index (χ2n) is 2.84. The van der Waals surface area contributed by atoms with Crippen LogP contribution in [0.4, 0.5) is 0 Å². The van der Waals surface area contributed by atoms with Crippen molar-refractivity contribution in [3.8, 4) is 0 Å². The van der Waals surface area contributed by atoms with Gasteiger partial charge in [0.15, 0.2) is 0 Å². The van der Waals surface area contributed by atoms with E-state index in [2.05, 4.69) is 5.32 Å². The molecule has 4 heteroatoms. The predicted octanol–water partition coefficient (Wildman–Crippen LogP) is 0.379. The summed E-state index contributed by atoms with van der Waals surface area (Å²) < 4.78 is 15.8. The minimum atomic E-state index is -0.689. The second-order valence-corrected chi connectivity index (χ2v) is 4.64. The molecule has 0 aliphatic heterocycles. The van der Waals surface area contributed by atoms with Gasteiger partial charge in [-0.2, -0.15) is 0 Å². The van der Waals surface area contributed by atoms with Gasteiger partial charge < -0.3 is 10.1 Å². The van der Waals surface area contributed by atoms with Gasteiger partial charge >= 0.3 is 0 Å². The zero-order chi connectivity index (χ0) is 9.40. The summed E-state index contributed by atoms with van der Waals surface area (Å²) in [6, 6.07) is 0. The Hall–Kier alpha value is 0.0700. The molecule has 0 aromatic carbocycles. The molecule has 3 nitrogen and oxygen atoms in total. The van der Waals surface area contributed by atoms with Crippen LogP contribution in [0.2, 0.25) is 0 Å². The maximum absolute atomic E-state index is 10.9. The first kappa shape index (κ1) is 12.1. The lowest BCUT2D eigenvalue weighted by molar-refractivity contribution is 0.199. The Morgan fingerprint density at radius 3 is 2.67 bits per heavy atom. The van der Waals surface area contributed by atoms with E-state index in [-0.39, 0.29) is 0 Å². The third-order valence-corrected chi connectivity index (χ3v) is 3.15. The highest BCUT2D eigenvalue weighted by Gasteiger charge is 2.04. The second kappa shape index (κ2) is 7.71. The molecule has 74 valence electrons. The van der Waals surface area contributed by atoms with Gasteiger partial charge in [0.2, 0.25) is 0 Å². The van der Waals surface area contributed by atoms with Crippen molar-refractivity contribution in [2.45, 2.75) is 18.6 Å². The Bertz CT molecular complexity index is 130. The zero-order valence-corrected chi connectivity index (χ0v) is 8.95. The fraction of sp³-hybridized carbons (Fsp3) is 1.00.